The van der Waals surface area contributed by atoms with Crippen LogP contribution in [0.5, 0.6) is 0 Å². The fourth-order valence-electron chi connectivity index (χ4n) is 1.86. The third-order valence-corrected chi connectivity index (χ3v) is 2.70. The Morgan fingerprint density at radius 2 is 2.19 bits per heavy atom. The van der Waals surface area contributed by atoms with Gasteiger partial charge in [-0.2, -0.15) is 0 Å². The Bertz CT molecular complexity index is 377. The van der Waals surface area contributed by atoms with E-state index >= 15 is 0 Å². The Balaban J connectivity index is 2.75. The summed E-state index contributed by atoms with van der Waals surface area (Å²) in [5.74, 6) is 2.62. The van der Waals surface area contributed by atoms with E-state index in [1.54, 1.807) is 0 Å². The summed E-state index contributed by atoms with van der Waals surface area (Å²) in [6.07, 6.45) is 5.96. The van der Waals surface area contributed by atoms with Crippen LogP contribution in [0.3, 0.4) is 0 Å². The third kappa shape index (κ3) is 3.37. The molecule has 1 aromatic rings. The lowest BCUT2D eigenvalue weighted by Gasteiger charge is -2.19. The van der Waals surface area contributed by atoms with Gasteiger partial charge >= 0.3 is 0 Å². The van der Waals surface area contributed by atoms with Gasteiger partial charge in [-0.25, -0.2) is 0 Å². The Kier molecular flexibility index (Phi) is 5.04. The van der Waals surface area contributed by atoms with Crippen LogP contribution in [0.15, 0.2) is 18.2 Å². The van der Waals surface area contributed by atoms with Crippen LogP contribution in [0.2, 0.25) is 0 Å². The van der Waals surface area contributed by atoms with E-state index in [-0.39, 0.29) is 6.04 Å². The van der Waals surface area contributed by atoms with Gasteiger partial charge in [-0.3, -0.25) is 0 Å². The number of nitrogens with one attached hydrogen (secondary N) is 1. The lowest BCUT2D eigenvalue weighted by molar-refractivity contribution is 0.548. The van der Waals surface area contributed by atoms with Crippen LogP contribution in [-0.4, -0.2) is 13.1 Å². The number of rotatable bonds is 5. The molecule has 0 heterocycles. The predicted octanol–water partition coefficient (Wildman–Crippen LogP) is 1.92. The summed E-state index contributed by atoms with van der Waals surface area (Å²) in [7, 11) is 0. The van der Waals surface area contributed by atoms with Crippen molar-refractivity contribution >= 4 is 0 Å². The highest BCUT2D eigenvalue weighted by Gasteiger charge is 2.10. The Hall–Kier alpha value is -1.30. The number of nitrogens with two attached hydrogens (primary N) is 1. The summed E-state index contributed by atoms with van der Waals surface area (Å²) < 4.78 is 0. The molecule has 0 fully saturated rings. The number of hydrogen-bond acceptors (Lipinski definition) is 2. The van der Waals surface area contributed by atoms with Gasteiger partial charge in [-0.05, 0) is 25.0 Å². The summed E-state index contributed by atoms with van der Waals surface area (Å²) in [5.41, 5.74) is 9.61. The van der Waals surface area contributed by atoms with Gasteiger partial charge in [0.15, 0.2) is 0 Å². The molecule has 2 nitrogen and oxygen atoms in total. The van der Waals surface area contributed by atoms with Gasteiger partial charge in [0, 0.05) is 25.6 Å². The molecule has 1 aromatic carbocycles. The van der Waals surface area contributed by atoms with Crippen LogP contribution in [0.4, 0.5) is 0 Å². The first-order valence-corrected chi connectivity index (χ1v) is 5.63. The van der Waals surface area contributed by atoms with Gasteiger partial charge in [-0.1, -0.05) is 23.8 Å². The Labute approximate surface area is 98.2 Å². The van der Waals surface area contributed by atoms with Gasteiger partial charge in [-0.15, -0.1) is 12.3 Å². The topological polar surface area (TPSA) is 38.0 Å². The van der Waals surface area contributed by atoms with E-state index in [0.717, 1.165) is 13.0 Å². The minimum Gasteiger partial charge on any atom is -0.329 e. The minimum atomic E-state index is 0.203. The lowest BCUT2D eigenvalue weighted by Crippen LogP contribution is -2.29. The standard InChI is InChI=1S/C14H20N2/c1-4-5-8-16-14(10-15)13-7-6-11(2)9-12(13)3/h1,6-7,9,14,16H,5,8,10,15H2,2-3H3. The van der Waals surface area contributed by atoms with Crippen molar-refractivity contribution in [2.75, 3.05) is 13.1 Å². The molecule has 0 aliphatic rings. The monoisotopic (exact) mass is 216 g/mol. The van der Waals surface area contributed by atoms with Crippen LogP contribution in [0.25, 0.3) is 0 Å². The average Bonchev–Trinajstić information content (AvgIpc) is 2.26. The number of hydrogen-bond donors (Lipinski definition) is 2. The van der Waals surface area contributed by atoms with Gasteiger partial charge in [0.05, 0.1) is 0 Å². The molecule has 0 saturated carbocycles. The average molecular weight is 216 g/mol. The predicted molar refractivity (Wildman–Crippen MR) is 69.2 cm³/mol. The Morgan fingerprint density at radius 3 is 2.75 bits per heavy atom. The second kappa shape index (κ2) is 6.32. The van der Waals surface area contributed by atoms with Crippen LogP contribution in [0.1, 0.15) is 29.2 Å². The normalized spacial score (nSPS) is 12.1. The first-order valence-electron chi connectivity index (χ1n) is 5.63. The lowest BCUT2D eigenvalue weighted by atomic mass is 9.99. The molecule has 0 bridgehead atoms. The fourth-order valence-corrected chi connectivity index (χ4v) is 1.86. The van der Waals surface area contributed by atoms with Crippen LogP contribution in [-0.2, 0) is 0 Å². The molecule has 0 aliphatic carbocycles. The first-order chi connectivity index (χ1) is 7.69. The molecule has 0 saturated heterocycles. The highest BCUT2D eigenvalue weighted by atomic mass is 14.9. The zero-order valence-corrected chi connectivity index (χ0v) is 10.1. The van der Waals surface area contributed by atoms with Gasteiger partial charge in [0.25, 0.3) is 0 Å². The second-order valence-corrected chi connectivity index (χ2v) is 4.06. The molecule has 0 aromatic heterocycles. The van der Waals surface area contributed by atoms with Crippen LogP contribution < -0.4 is 11.1 Å². The smallest absolute Gasteiger partial charge is 0.0447 e. The molecule has 1 atom stereocenters. The summed E-state index contributed by atoms with van der Waals surface area (Å²) in [6.45, 7) is 5.62. The van der Waals surface area contributed by atoms with E-state index in [2.05, 4.69) is 43.3 Å². The molecule has 2 heteroatoms. The largest absolute Gasteiger partial charge is 0.329 e. The van der Waals surface area contributed by atoms with Crippen molar-refractivity contribution in [1.82, 2.24) is 5.32 Å². The molecule has 0 aliphatic heterocycles. The van der Waals surface area contributed by atoms with Crippen molar-refractivity contribution in [3.8, 4) is 12.3 Å². The first kappa shape index (κ1) is 12.8. The zero-order chi connectivity index (χ0) is 12.0. The molecule has 3 N–H and O–H groups in total. The van der Waals surface area contributed by atoms with E-state index in [0.29, 0.717) is 6.54 Å². The summed E-state index contributed by atoms with van der Waals surface area (Å²) in [5, 5.41) is 3.38. The van der Waals surface area contributed by atoms with Gasteiger partial charge in [0.1, 0.15) is 0 Å². The van der Waals surface area contributed by atoms with Crippen LogP contribution >= 0.6 is 0 Å². The van der Waals surface area contributed by atoms with Crippen LogP contribution in [0, 0.1) is 26.2 Å². The van der Waals surface area contributed by atoms with E-state index in [1.807, 2.05) is 0 Å². The van der Waals surface area contributed by atoms with Crippen molar-refractivity contribution in [2.24, 2.45) is 5.73 Å². The fraction of sp³-hybridized carbons (Fsp3) is 0.429. The summed E-state index contributed by atoms with van der Waals surface area (Å²) in [4.78, 5) is 0. The minimum absolute atomic E-state index is 0.203. The maximum absolute atomic E-state index is 5.78. The molecule has 86 valence electrons. The molecule has 16 heavy (non-hydrogen) atoms. The molecule has 0 radical (unpaired) electrons. The quantitative estimate of drug-likeness (QED) is 0.583. The van der Waals surface area contributed by atoms with E-state index in [9.17, 15) is 0 Å². The van der Waals surface area contributed by atoms with Gasteiger partial charge in [0.2, 0.25) is 0 Å². The van der Waals surface area contributed by atoms with Gasteiger partial charge < -0.3 is 11.1 Å². The highest BCUT2D eigenvalue weighted by Crippen LogP contribution is 2.18. The molecular formula is C14H20N2. The van der Waals surface area contributed by atoms with E-state index in [1.165, 1.54) is 16.7 Å². The molecule has 0 spiro atoms. The second-order valence-electron chi connectivity index (χ2n) is 4.06. The third-order valence-electron chi connectivity index (χ3n) is 2.70. The van der Waals surface area contributed by atoms with Crippen molar-refractivity contribution < 1.29 is 0 Å². The Morgan fingerprint density at radius 1 is 1.44 bits per heavy atom. The van der Waals surface area contributed by atoms with Crippen molar-refractivity contribution in [3.63, 3.8) is 0 Å². The molecule has 1 rings (SSSR count). The number of terminal acetylenes is 1. The maximum atomic E-state index is 5.78. The van der Waals surface area contributed by atoms with E-state index in [4.69, 9.17) is 12.2 Å². The summed E-state index contributed by atoms with van der Waals surface area (Å²) >= 11 is 0. The SMILES string of the molecule is C#CCCNC(CN)c1ccc(C)cc1C. The van der Waals surface area contributed by atoms with Crippen molar-refractivity contribution in [2.45, 2.75) is 26.3 Å². The zero-order valence-electron chi connectivity index (χ0n) is 10.1. The maximum Gasteiger partial charge on any atom is 0.0447 e. The van der Waals surface area contributed by atoms with Crippen molar-refractivity contribution in [3.05, 3.63) is 34.9 Å². The number of aryl methyl sites for hydroxylation is 2. The van der Waals surface area contributed by atoms with E-state index < -0.39 is 0 Å². The summed E-state index contributed by atoms with van der Waals surface area (Å²) in [6, 6.07) is 6.65. The molecular weight excluding hydrogens is 196 g/mol. The van der Waals surface area contributed by atoms with Crippen molar-refractivity contribution in [1.29, 1.82) is 0 Å². The molecule has 0 amide bonds. The molecule has 1 unspecified atom stereocenters. The highest BCUT2D eigenvalue weighted by molar-refractivity contribution is 5.33. The number of benzene rings is 1.